The summed E-state index contributed by atoms with van der Waals surface area (Å²) in [5, 5.41) is 4.87. The zero-order chi connectivity index (χ0) is 20.9. The molecule has 0 saturated heterocycles. The molecule has 5 nitrogen and oxygen atoms in total. The standard InChI is InChI=1S/C24H24N2O3S/c1-16-13-23(26-20-11-5-4-9-18(16)20)30-15-24(28)29-14-22(27)25-21-12-6-8-17-7-2-3-10-19(17)21/h2-5,7,9-11,13,21H,6,8,12,14-15H2,1H3,(H,25,27)/t21-/m1/s1. The van der Waals surface area contributed by atoms with Crippen LogP contribution in [0.25, 0.3) is 10.9 Å². The number of benzene rings is 2. The summed E-state index contributed by atoms with van der Waals surface area (Å²) in [4.78, 5) is 29.0. The van der Waals surface area contributed by atoms with Gasteiger partial charge in [0.25, 0.3) is 5.91 Å². The van der Waals surface area contributed by atoms with Crippen LogP contribution < -0.4 is 5.32 Å². The van der Waals surface area contributed by atoms with Crippen molar-refractivity contribution in [2.24, 2.45) is 0 Å². The Morgan fingerprint density at radius 2 is 1.97 bits per heavy atom. The van der Waals surface area contributed by atoms with Crippen LogP contribution in [0.15, 0.2) is 59.6 Å². The number of carbonyl (C=O) groups excluding carboxylic acids is 2. The number of pyridine rings is 1. The summed E-state index contributed by atoms with van der Waals surface area (Å²) < 4.78 is 5.17. The fraction of sp³-hybridized carbons (Fsp3) is 0.292. The molecule has 1 aliphatic carbocycles. The third-order valence-electron chi connectivity index (χ3n) is 5.31. The summed E-state index contributed by atoms with van der Waals surface area (Å²) in [7, 11) is 0. The van der Waals surface area contributed by atoms with Crippen LogP contribution in [0.4, 0.5) is 0 Å². The van der Waals surface area contributed by atoms with E-state index in [0.29, 0.717) is 0 Å². The van der Waals surface area contributed by atoms with E-state index in [1.807, 2.05) is 49.4 Å². The zero-order valence-electron chi connectivity index (χ0n) is 16.9. The quantitative estimate of drug-likeness (QED) is 0.474. The summed E-state index contributed by atoms with van der Waals surface area (Å²) in [5.41, 5.74) is 4.46. The maximum absolute atomic E-state index is 12.3. The molecule has 1 aromatic heterocycles. The number of hydrogen-bond acceptors (Lipinski definition) is 5. The molecule has 1 heterocycles. The SMILES string of the molecule is Cc1cc(SCC(=O)OCC(=O)N[C@@H]2CCCc3ccccc32)nc2ccccc12. The van der Waals surface area contributed by atoms with Crippen LogP contribution in [0.3, 0.4) is 0 Å². The smallest absolute Gasteiger partial charge is 0.316 e. The third kappa shape index (κ3) is 4.82. The van der Waals surface area contributed by atoms with Gasteiger partial charge in [0.1, 0.15) is 0 Å². The minimum atomic E-state index is -0.424. The molecule has 3 aromatic rings. The van der Waals surface area contributed by atoms with E-state index in [9.17, 15) is 9.59 Å². The Bertz CT molecular complexity index is 1080. The van der Waals surface area contributed by atoms with Gasteiger partial charge in [-0.15, -0.1) is 0 Å². The molecule has 6 heteroatoms. The first-order chi connectivity index (χ1) is 14.6. The van der Waals surface area contributed by atoms with Crippen LogP contribution in [-0.2, 0) is 20.7 Å². The number of esters is 1. The Labute approximate surface area is 180 Å². The van der Waals surface area contributed by atoms with Crippen molar-refractivity contribution in [2.45, 2.75) is 37.3 Å². The molecule has 154 valence electrons. The summed E-state index contributed by atoms with van der Waals surface area (Å²) in [6.07, 6.45) is 2.98. The van der Waals surface area contributed by atoms with Crippen molar-refractivity contribution in [2.75, 3.05) is 12.4 Å². The van der Waals surface area contributed by atoms with E-state index in [-0.39, 0.29) is 24.3 Å². The highest BCUT2D eigenvalue weighted by atomic mass is 32.2. The normalized spacial score (nSPS) is 15.4. The molecule has 0 aliphatic heterocycles. The minimum absolute atomic E-state index is 0.0136. The van der Waals surface area contributed by atoms with Gasteiger partial charge in [-0.1, -0.05) is 54.2 Å². The monoisotopic (exact) mass is 420 g/mol. The van der Waals surface area contributed by atoms with E-state index in [1.54, 1.807) is 0 Å². The molecular weight excluding hydrogens is 396 g/mol. The summed E-state index contributed by atoms with van der Waals surface area (Å²) in [5.74, 6) is -0.578. The zero-order valence-corrected chi connectivity index (χ0v) is 17.7. The second kappa shape index (κ2) is 9.30. The van der Waals surface area contributed by atoms with Crippen molar-refractivity contribution in [3.8, 4) is 0 Å². The number of thioether (sulfide) groups is 1. The molecule has 0 bridgehead atoms. The van der Waals surface area contributed by atoms with Crippen molar-refractivity contribution < 1.29 is 14.3 Å². The molecule has 0 saturated carbocycles. The van der Waals surface area contributed by atoms with Gasteiger partial charge >= 0.3 is 5.97 Å². The lowest BCUT2D eigenvalue weighted by Crippen LogP contribution is -2.34. The summed E-state index contributed by atoms with van der Waals surface area (Å²) in [6, 6.07) is 18.0. The molecule has 0 fully saturated rings. The number of rotatable bonds is 6. The van der Waals surface area contributed by atoms with E-state index >= 15 is 0 Å². The highest BCUT2D eigenvalue weighted by Gasteiger charge is 2.21. The molecule has 30 heavy (non-hydrogen) atoms. The molecule has 0 spiro atoms. The van der Waals surface area contributed by atoms with Crippen LogP contribution in [0.1, 0.15) is 35.6 Å². The third-order valence-corrected chi connectivity index (χ3v) is 6.19. The first-order valence-corrected chi connectivity index (χ1v) is 11.1. The van der Waals surface area contributed by atoms with Crippen molar-refractivity contribution >= 4 is 34.5 Å². The average molecular weight is 421 g/mol. The van der Waals surface area contributed by atoms with Crippen LogP contribution >= 0.6 is 11.8 Å². The fourth-order valence-electron chi connectivity index (χ4n) is 3.85. The molecule has 1 N–H and O–H groups in total. The van der Waals surface area contributed by atoms with Crippen LogP contribution in [0.2, 0.25) is 0 Å². The predicted molar refractivity (Wildman–Crippen MR) is 118 cm³/mol. The number of hydrogen-bond donors (Lipinski definition) is 1. The summed E-state index contributed by atoms with van der Waals surface area (Å²) >= 11 is 1.32. The largest absolute Gasteiger partial charge is 0.455 e. The number of aryl methyl sites for hydroxylation is 2. The van der Waals surface area contributed by atoms with E-state index in [1.165, 1.54) is 17.3 Å². The number of aromatic nitrogens is 1. The Hall–Kier alpha value is -2.86. The van der Waals surface area contributed by atoms with Gasteiger partial charge in [0.15, 0.2) is 6.61 Å². The Morgan fingerprint density at radius 1 is 1.17 bits per heavy atom. The molecule has 0 radical (unpaired) electrons. The molecule has 1 aliphatic rings. The average Bonchev–Trinajstić information content (AvgIpc) is 2.76. The number of ether oxygens (including phenoxy) is 1. The summed E-state index contributed by atoms with van der Waals surface area (Å²) in [6.45, 7) is 1.77. The lowest BCUT2D eigenvalue weighted by Gasteiger charge is -2.26. The highest BCUT2D eigenvalue weighted by Crippen LogP contribution is 2.29. The Morgan fingerprint density at radius 3 is 2.87 bits per heavy atom. The lowest BCUT2D eigenvalue weighted by atomic mass is 9.88. The van der Waals surface area contributed by atoms with Gasteiger partial charge in [-0.05, 0) is 55.0 Å². The first-order valence-electron chi connectivity index (χ1n) is 10.1. The molecule has 0 unspecified atom stereocenters. The Kier molecular flexibility index (Phi) is 6.33. The van der Waals surface area contributed by atoms with Gasteiger partial charge in [0.2, 0.25) is 0 Å². The number of amides is 1. The topological polar surface area (TPSA) is 68.3 Å². The van der Waals surface area contributed by atoms with Crippen molar-refractivity contribution in [1.82, 2.24) is 10.3 Å². The van der Waals surface area contributed by atoms with Crippen molar-refractivity contribution in [1.29, 1.82) is 0 Å². The second-order valence-electron chi connectivity index (χ2n) is 7.46. The molecule has 1 amide bonds. The fourth-order valence-corrected chi connectivity index (χ4v) is 4.63. The van der Waals surface area contributed by atoms with Gasteiger partial charge in [-0.3, -0.25) is 9.59 Å². The molecular formula is C24H24N2O3S. The van der Waals surface area contributed by atoms with E-state index in [2.05, 4.69) is 22.4 Å². The van der Waals surface area contributed by atoms with Crippen LogP contribution in [-0.4, -0.2) is 29.2 Å². The first kappa shape index (κ1) is 20.4. The van der Waals surface area contributed by atoms with Gasteiger partial charge in [0, 0.05) is 5.39 Å². The Balaban J connectivity index is 1.27. The maximum atomic E-state index is 12.3. The van der Waals surface area contributed by atoms with Gasteiger partial charge in [-0.2, -0.15) is 0 Å². The van der Waals surface area contributed by atoms with Gasteiger partial charge in [-0.25, -0.2) is 4.98 Å². The molecule has 2 aromatic carbocycles. The number of nitrogens with one attached hydrogen (secondary N) is 1. The number of nitrogens with zero attached hydrogens (tertiary/aromatic N) is 1. The van der Waals surface area contributed by atoms with Crippen molar-refractivity contribution in [3.63, 3.8) is 0 Å². The predicted octanol–water partition coefficient (Wildman–Crippen LogP) is 4.37. The molecule has 1 atom stereocenters. The van der Waals surface area contributed by atoms with E-state index in [4.69, 9.17) is 4.74 Å². The number of fused-ring (bicyclic) bond motifs is 2. The number of carbonyl (C=O) groups is 2. The lowest BCUT2D eigenvalue weighted by molar-refractivity contribution is -0.146. The van der Waals surface area contributed by atoms with Crippen LogP contribution in [0, 0.1) is 6.92 Å². The second-order valence-corrected chi connectivity index (χ2v) is 8.45. The van der Waals surface area contributed by atoms with E-state index < -0.39 is 5.97 Å². The van der Waals surface area contributed by atoms with E-state index in [0.717, 1.165) is 46.3 Å². The van der Waals surface area contributed by atoms with Crippen molar-refractivity contribution in [3.05, 3.63) is 71.3 Å². The number of para-hydroxylation sites is 1. The maximum Gasteiger partial charge on any atom is 0.316 e. The minimum Gasteiger partial charge on any atom is -0.455 e. The van der Waals surface area contributed by atoms with Crippen LogP contribution in [0.5, 0.6) is 0 Å². The highest BCUT2D eigenvalue weighted by molar-refractivity contribution is 7.99. The van der Waals surface area contributed by atoms with Gasteiger partial charge in [0.05, 0.1) is 22.3 Å². The van der Waals surface area contributed by atoms with Gasteiger partial charge < -0.3 is 10.1 Å². The molecule has 4 rings (SSSR count).